The van der Waals surface area contributed by atoms with Gasteiger partial charge >= 0.3 is 0 Å². The lowest BCUT2D eigenvalue weighted by atomic mass is 9.98. The summed E-state index contributed by atoms with van der Waals surface area (Å²) >= 11 is 1.66. The second-order valence-electron chi connectivity index (χ2n) is 4.91. The van der Waals surface area contributed by atoms with Gasteiger partial charge in [0.2, 0.25) is 0 Å². The fourth-order valence-electron chi connectivity index (χ4n) is 2.62. The van der Waals surface area contributed by atoms with Crippen LogP contribution in [-0.2, 0) is 6.42 Å². The minimum Gasteiger partial charge on any atom is -0.494 e. The molecule has 0 spiro atoms. The number of rotatable bonds is 3. The van der Waals surface area contributed by atoms with Crippen molar-refractivity contribution in [2.24, 2.45) is 0 Å². The van der Waals surface area contributed by atoms with Crippen molar-refractivity contribution >= 4 is 11.3 Å². The van der Waals surface area contributed by atoms with Crippen LogP contribution in [-0.4, -0.2) is 19.1 Å². The molecule has 1 atom stereocenters. The quantitative estimate of drug-likeness (QED) is 0.939. The lowest BCUT2D eigenvalue weighted by Gasteiger charge is -2.19. The molecule has 1 aliphatic carbocycles. The third-order valence-corrected chi connectivity index (χ3v) is 4.96. The molecule has 0 fully saturated rings. The van der Waals surface area contributed by atoms with Gasteiger partial charge in [0, 0.05) is 16.5 Å². The average molecular weight is 292 g/mol. The standard InChI is InChI=1S/C15H17FN2OS/c1-17-11-4-3-5-12-14(11)20-15(18-12)9-6-7-13(19-2)10(16)8-9/h6-8,11,17H,3-5H2,1-2H3. The number of thiazole rings is 1. The van der Waals surface area contributed by atoms with Gasteiger partial charge in [-0.05, 0) is 44.5 Å². The van der Waals surface area contributed by atoms with E-state index in [-0.39, 0.29) is 11.6 Å². The molecule has 1 aromatic carbocycles. The van der Waals surface area contributed by atoms with Gasteiger partial charge in [-0.1, -0.05) is 0 Å². The lowest BCUT2D eigenvalue weighted by Crippen LogP contribution is -2.19. The summed E-state index contributed by atoms with van der Waals surface area (Å²) in [6.45, 7) is 0. The fourth-order valence-corrected chi connectivity index (χ4v) is 3.87. The molecule has 0 bridgehead atoms. The summed E-state index contributed by atoms with van der Waals surface area (Å²) in [4.78, 5) is 5.98. The van der Waals surface area contributed by atoms with Crippen LogP contribution in [0.25, 0.3) is 10.6 Å². The minimum absolute atomic E-state index is 0.267. The van der Waals surface area contributed by atoms with Crippen LogP contribution in [0, 0.1) is 5.82 Å². The van der Waals surface area contributed by atoms with E-state index in [2.05, 4.69) is 10.3 Å². The van der Waals surface area contributed by atoms with E-state index >= 15 is 0 Å². The zero-order valence-electron chi connectivity index (χ0n) is 11.6. The highest BCUT2D eigenvalue weighted by molar-refractivity contribution is 7.15. The predicted octanol–water partition coefficient (Wildman–Crippen LogP) is 3.55. The van der Waals surface area contributed by atoms with Crippen LogP contribution in [0.15, 0.2) is 18.2 Å². The summed E-state index contributed by atoms with van der Waals surface area (Å²) in [5.74, 6) is -0.0773. The SMILES string of the molecule is CNC1CCCc2nc(-c3ccc(OC)c(F)c3)sc21. The normalized spacial score (nSPS) is 17.9. The Morgan fingerprint density at radius 1 is 1.45 bits per heavy atom. The van der Waals surface area contributed by atoms with Crippen LogP contribution >= 0.6 is 11.3 Å². The molecule has 1 N–H and O–H groups in total. The highest BCUT2D eigenvalue weighted by atomic mass is 32.1. The first-order valence-corrected chi connectivity index (χ1v) is 7.55. The molecule has 3 rings (SSSR count). The maximum Gasteiger partial charge on any atom is 0.165 e. The van der Waals surface area contributed by atoms with E-state index in [1.807, 2.05) is 13.1 Å². The van der Waals surface area contributed by atoms with Gasteiger partial charge in [0.15, 0.2) is 11.6 Å². The highest BCUT2D eigenvalue weighted by Gasteiger charge is 2.23. The van der Waals surface area contributed by atoms with E-state index in [1.54, 1.807) is 17.4 Å². The Bertz CT molecular complexity index is 626. The number of ether oxygens (including phenoxy) is 1. The zero-order chi connectivity index (χ0) is 14.1. The smallest absolute Gasteiger partial charge is 0.165 e. The van der Waals surface area contributed by atoms with Crippen LogP contribution in [0.1, 0.15) is 29.5 Å². The van der Waals surface area contributed by atoms with Crippen molar-refractivity contribution < 1.29 is 9.13 Å². The third kappa shape index (κ3) is 2.31. The maximum absolute atomic E-state index is 13.8. The number of hydrogen-bond acceptors (Lipinski definition) is 4. The van der Waals surface area contributed by atoms with Crippen molar-refractivity contribution in [2.75, 3.05) is 14.2 Å². The number of nitrogens with zero attached hydrogens (tertiary/aromatic N) is 1. The van der Waals surface area contributed by atoms with E-state index < -0.39 is 0 Å². The molecule has 1 aliphatic rings. The first kappa shape index (κ1) is 13.5. The Labute approximate surface area is 121 Å². The molecule has 0 saturated heterocycles. The van der Waals surface area contributed by atoms with Crippen LogP contribution < -0.4 is 10.1 Å². The van der Waals surface area contributed by atoms with E-state index in [4.69, 9.17) is 4.74 Å². The first-order valence-electron chi connectivity index (χ1n) is 6.73. The van der Waals surface area contributed by atoms with Crippen molar-refractivity contribution in [3.8, 4) is 16.3 Å². The van der Waals surface area contributed by atoms with Crippen molar-refractivity contribution in [1.29, 1.82) is 0 Å². The second kappa shape index (κ2) is 5.50. The summed E-state index contributed by atoms with van der Waals surface area (Å²) in [5, 5.41) is 4.22. The second-order valence-corrected chi connectivity index (χ2v) is 5.94. The van der Waals surface area contributed by atoms with E-state index in [0.29, 0.717) is 6.04 Å². The molecule has 2 aromatic rings. The van der Waals surface area contributed by atoms with Gasteiger partial charge in [-0.25, -0.2) is 9.37 Å². The summed E-state index contributed by atoms with van der Waals surface area (Å²) < 4.78 is 18.8. The number of aryl methyl sites for hydroxylation is 1. The first-order chi connectivity index (χ1) is 9.72. The Balaban J connectivity index is 1.99. The third-order valence-electron chi connectivity index (χ3n) is 3.70. The van der Waals surface area contributed by atoms with Crippen molar-refractivity contribution in [1.82, 2.24) is 10.3 Å². The molecule has 0 radical (unpaired) electrons. The number of nitrogens with one attached hydrogen (secondary N) is 1. The number of hydrogen-bond donors (Lipinski definition) is 1. The van der Waals surface area contributed by atoms with Gasteiger partial charge < -0.3 is 10.1 Å². The fraction of sp³-hybridized carbons (Fsp3) is 0.400. The Kier molecular flexibility index (Phi) is 3.72. The van der Waals surface area contributed by atoms with Crippen molar-refractivity contribution in [2.45, 2.75) is 25.3 Å². The number of halogens is 1. The van der Waals surface area contributed by atoms with Crippen LogP contribution in [0.5, 0.6) is 5.75 Å². The molecular formula is C15H17FN2OS. The van der Waals surface area contributed by atoms with Crippen molar-refractivity contribution in [3.63, 3.8) is 0 Å². The molecule has 3 nitrogen and oxygen atoms in total. The summed E-state index contributed by atoms with van der Waals surface area (Å²) in [5.41, 5.74) is 1.98. The van der Waals surface area contributed by atoms with E-state index in [0.717, 1.165) is 35.5 Å². The minimum atomic E-state index is -0.344. The van der Waals surface area contributed by atoms with E-state index in [1.165, 1.54) is 18.1 Å². The molecule has 0 saturated carbocycles. The monoisotopic (exact) mass is 292 g/mol. The van der Waals surface area contributed by atoms with Gasteiger partial charge in [0.05, 0.1) is 12.8 Å². The lowest BCUT2D eigenvalue weighted by molar-refractivity contribution is 0.386. The molecule has 0 amide bonds. The molecule has 1 aromatic heterocycles. The molecule has 20 heavy (non-hydrogen) atoms. The topological polar surface area (TPSA) is 34.2 Å². The van der Waals surface area contributed by atoms with Gasteiger partial charge in [0.25, 0.3) is 0 Å². The summed E-state index contributed by atoms with van der Waals surface area (Å²) in [7, 11) is 3.45. The molecule has 0 aliphatic heterocycles. The molecule has 5 heteroatoms. The Morgan fingerprint density at radius 2 is 2.30 bits per heavy atom. The Hall–Kier alpha value is -1.46. The van der Waals surface area contributed by atoms with Gasteiger partial charge in [-0.15, -0.1) is 11.3 Å². The number of aromatic nitrogens is 1. The zero-order valence-corrected chi connectivity index (χ0v) is 12.4. The molecule has 1 heterocycles. The highest BCUT2D eigenvalue weighted by Crippen LogP contribution is 2.38. The predicted molar refractivity (Wildman–Crippen MR) is 78.8 cm³/mol. The summed E-state index contributed by atoms with van der Waals surface area (Å²) in [6.07, 6.45) is 3.31. The van der Waals surface area contributed by atoms with E-state index in [9.17, 15) is 4.39 Å². The molecular weight excluding hydrogens is 275 g/mol. The maximum atomic E-state index is 13.8. The van der Waals surface area contributed by atoms with Gasteiger partial charge in [-0.2, -0.15) is 0 Å². The van der Waals surface area contributed by atoms with Crippen molar-refractivity contribution in [3.05, 3.63) is 34.6 Å². The van der Waals surface area contributed by atoms with Gasteiger partial charge in [-0.3, -0.25) is 0 Å². The van der Waals surface area contributed by atoms with Crippen LogP contribution in [0.4, 0.5) is 4.39 Å². The number of benzene rings is 1. The average Bonchev–Trinajstić information content (AvgIpc) is 2.91. The summed E-state index contributed by atoms with van der Waals surface area (Å²) in [6, 6.07) is 5.40. The van der Waals surface area contributed by atoms with Crippen LogP contribution in [0.3, 0.4) is 0 Å². The molecule has 106 valence electrons. The number of fused-ring (bicyclic) bond motifs is 1. The van der Waals surface area contributed by atoms with Crippen LogP contribution in [0.2, 0.25) is 0 Å². The number of methoxy groups -OCH3 is 1. The Morgan fingerprint density at radius 3 is 3.00 bits per heavy atom. The largest absolute Gasteiger partial charge is 0.494 e. The molecule has 1 unspecified atom stereocenters. The van der Waals surface area contributed by atoms with Gasteiger partial charge in [0.1, 0.15) is 5.01 Å².